The number of fused-ring (bicyclic) bond motifs is 1. The molecule has 0 unspecified atom stereocenters. The number of ketones is 1. The van der Waals surface area contributed by atoms with Crippen molar-refractivity contribution in [2.45, 2.75) is 20.0 Å². The summed E-state index contributed by atoms with van der Waals surface area (Å²) in [6.07, 6.45) is 2.00. The molecule has 1 amide bonds. The fourth-order valence-electron chi connectivity index (χ4n) is 3.18. The van der Waals surface area contributed by atoms with Crippen LogP contribution in [0, 0.1) is 0 Å². The highest BCUT2D eigenvalue weighted by molar-refractivity contribution is 6.08. The third-order valence-electron chi connectivity index (χ3n) is 4.52. The Morgan fingerprint density at radius 1 is 1.21 bits per heavy atom. The molecule has 1 aliphatic rings. The van der Waals surface area contributed by atoms with Crippen LogP contribution >= 0.6 is 0 Å². The first kappa shape index (κ1) is 17.9. The molecule has 0 radical (unpaired) electrons. The molecule has 0 atom stereocenters. The minimum atomic E-state index is -0.110. The van der Waals surface area contributed by atoms with Crippen molar-refractivity contribution < 1.29 is 14.3 Å². The predicted molar refractivity (Wildman–Crippen MR) is 107 cm³/mol. The van der Waals surface area contributed by atoms with Crippen molar-refractivity contribution in [1.82, 2.24) is 9.97 Å². The molecule has 1 aromatic carbocycles. The molecule has 3 heterocycles. The Balaban J connectivity index is 1.79. The molecule has 1 aliphatic heterocycles. The molecular formula is C21H20N4O3. The molecule has 0 bridgehead atoms. The van der Waals surface area contributed by atoms with E-state index in [1.807, 2.05) is 36.4 Å². The van der Waals surface area contributed by atoms with Gasteiger partial charge >= 0.3 is 0 Å². The number of amides is 1. The van der Waals surface area contributed by atoms with Crippen LogP contribution < -0.4 is 10.6 Å². The zero-order valence-electron chi connectivity index (χ0n) is 15.4. The van der Waals surface area contributed by atoms with Crippen molar-refractivity contribution >= 4 is 28.9 Å². The van der Waals surface area contributed by atoms with E-state index in [0.29, 0.717) is 30.1 Å². The summed E-state index contributed by atoms with van der Waals surface area (Å²) < 4.78 is 5.38. The number of para-hydroxylation sites is 1. The van der Waals surface area contributed by atoms with E-state index in [1.54, 1.807) is 19.2 Å². The Bertz CT molecular complexity index is 1030. The number of aromatic nitrogens is 2. The summed E-state index contributed by atoms with van der Waals surface area (Å²) in [6.45, 7) is 2.18. The van der Waals surface area contributed by atoms with Crippen LogP contribution in [-0.2, 0) is 16.1 Å². The normalized spacial score (nSPS) is 13.1. The summed E-state index contributed by atoms with van der Waals surface area (Å²) in [6, 6.07) is 13.3. The van der Waals surface area contributed by atoms with Crippen molar-refractivity contribution in [1.29, 1.82) is 0 Å². The second-order valence-electron chi connectivity index (χ2n) is 6.47. The van der Waals surface area contributed by atoms with Gasteiger partial charge in [-0.05, 0) is 24.3 Å². The van der Waals surface area contributed by atoms with Crippen LogP contribution in [-0.4, -0.2) is 28.3 Å². The lowest BCUT2D eigenvalue weighted by Gasteiger charge is -2.14. The number of nitrogens with one attached hydrogen (secondary N) is 3. The number of hydrogen-bond acceptors (Lipinski definition) is 5. The molecule has 28 heavy (non-hydrogen) atoms. The minimum absolute atomic E-state index is 0.0575. The van der Waals surface area contributed by atoms with E-state index in [2.05, 4.69) is 20.6 Å². The fourth-order valence-corrected chi connectivity index (χ4v) is 3.18. The topological polar surface area (TPSA) is 96.1 Å². The maximum absolute atomic E-state index is 12.5. The molecular weight excluding hydrogens is 356 g/mol. The second kappa shape index (κ2) is 7.66. The second-order valence-corrected chi connectivity index (χ2v) is 6.47. The maximum atomic E-state index is 12.5. The van der Waals surface area contributed by atoms with E-state index in [-0.39, 0.29) is 18.3 Å². The van der Waals surface area contributed by atoms with Crippen LogP contribution in [0.15, 0.2) is 48.7 Å². The zero-order chi connectivity index (χ0) is 19.5. The first-order valence-electron chi connectivity index (χ1n) is 9.10. The van der Waals surface area contributed by atoms with Gasteiger partial charge in [0.15, 0.2) is 5.78 Å². The van der Waals surface area contributed by atoms with Gasteiger partial charge in [0.2, 0.25) is 5.91 Å². The summed E-state index contributed by atoms with van der Waals surface area (Å²) >= 11 is 0. The zero-order valence-corrected chi connectivity index (χ0v) is 15.4. The maximum Gasteiger partial charge on any atom is 0.225 e. The highest BCUT2D eigenvalue weighted by atomic mass is 16.5. The van der Waals surface area contributed by atoms with E-state index in [1.165, 1.54) is 0 Å². The van der Waals surface area contributed by atoms with Crippen molar-refractivity contribution in [3.05, 3.63) is 59.9 Å². The van der Waals surface area contributed by atoms with Gasteiger partial charge in [-0.1, -0.05) is 25.1 Å². The first-order valence-corrected chi connectivity index (χ1v) is 9.10. The van der Waals surface area contributed by atoms with Crippen LogP contribution in [0.3, 0.4) is 0 Å². The van der Waals surface area contributed by atoms with Gasteiger partial charge in [-0.3, -0.25) is 9.59 Å². The van der Waals surface area contributed by atoms with Gasteiger partial charge in [-0.25, -0.2) is 4.98 Å². The van der Waals surface area contributed by atoms with Gasteiger partial charge in [0.25, 0.3) is 0 Å². The number of nitrogens with zero attached hydrogens (tertiary/aromatic N) is 1. The third-order valence-corrected chi connectivity index (χ3v) is 4.52. The number of aromatic amines is 1. The highest BCUT2D eigenvalue weighted by Gasteiger charge is 2.27. The number of ether oxygens (including phenoxy) is 1. The third kappa shape index (κ3) is 3.52. The van der Waals surface area contributed by atoms with Gasteiger partial charge in [-0.15, -0.1) is 0 Å². The molecule has 0 saturated carbocycles. The highest BCUT2D eigenvalue weighted by Crippen LogP contribution is 2.37. The monoisotopic (exact) mass is 376 g/mol. The molecule has 3 N–H and O–H groups in total. The Kier molecular flexibility index (Phi) is 4.90. The molecule has 3 aromatic rings. The van der Waals surface area contributed by atoms with Gasteiger partial charge in [0, 0.05) is 23.9 Å². The van der Waals surface area contributed by atoms with Crippen LogP contribution in [0.4, 0.5) is 17.2 Å². The number of benzene rings is 1. The number of carbonyl (C=O) groups is 2. The summed E-state index contributed by atoms with van der Waals surface area (Å²) in [7, 11) is 0. The Morgan fingerprint density at radius 3 is 2.82 bits per heavy atom. The summed E-state index contributed by atoms with van der Waals surface area (Å²) in [5.41, 5.74) is 4.48. The molecule has 7 nitrogen and oxygen atoms in total. The first-order chi connectivity index (χ1) is 13.7. The van der Waals surface area contributed by atoms with Gasteiger partial charge < -0.3 is 20.4 Å². The standard InChI is InChI=1S/C21H20N4O3/c1-2-18(27)25-17-10-13(8-9-22-17)20-21(23-14-6-4-3-5-7-14)19-15(24-20)11-28-12-16(19)26/h3-10,23-24H,2,11-12H2,1H3,(H,22,25,27). The Hall–Kier alpha value is -3.45. The summed E-state index contributed by atoms with van der Waals surface area (Å²) in [4.78, 5) is 31.8. The molecule has 0 saturated heterocycles. The molecule has 2 aromatic heterocycles. The van der Waals surface area contributed by atoms with Crippen LogP contribution in [0.1, 0.15) is 29.4 Å². The predicted octanol–water partition coefficient (Wildman–Crippen LogP) is 3.88. The lowest BCUT2D eigenvalue weighted by Crippen LogP contribution is -2.18. The number of H-pyrrole nitrogens is 1. The van der Waals surface area contributed by atoms with Gasteiger partial charge in [0.05, 0.1) is 29.2 Å². The lowest BCUT2D eigenvalue weighted by molar-refractivity contribution is -0.115. The summed E-state index contributed by atoms with van der Waals surface area (Å²) in [5.74, 6) is 0.280. The van der Waals surface area contributed by atoms with E-state index in [0.717, 1.165) is 22.6 Å². The van der Waals surface area contributed by atoms with Gasteiger partial charge in [0.1, 0.15) is 12.4 Å². The Morgan fingerprint density at radius 2 is 2.04 bits per heavy atom. The molecule has 0 fully saturated rings. The SMILES string of the molecule is CCC(=O)Nc1cc(-c2[nH]c3c(c2Nc2ccccc2)C(=O)COC3)ccn1. The average Bonchev–Trinajstić information content (AvgIpc) is 3.08. The Labute approximate surface area is 162 Å². The van der Waals surface area contributed by atoms with E-state index >= 15 is 0 Å². The largest absolute Gasteiger partial charge is 0.367 e. The van der Waals surface area contributed by atoms with Crippen molar-refractivity contribution in [2.24, 2.45) is 0 Å². The average molecular weight is 376 g/mol. The quantitative estimate of drug-likeness (QED) is 0.628. The number of Topliss-reactive ketones (excluding diaryl/α,β-unsaturated/α-hetero) is 1. The molecule has 0 spiro atoms. The summed E-state index contributed by atoms with van der Waals surface area (Å²) in [5, 5.41) is 6.13. The fraction of sp³-hybridized carbons (Fsp3) is 0.190. The molecule has 7 heteroatoms. The number of carbonyl (C=O) groups excluding carboxylic acids is 2. The number of hydrogen-bond donors (Lipinski definition) is 3. The smallest absolute Gasteiger partial charge is 0.225 e. The number of pyridine rings is 1. The van der Waals surface area contributed by atoms with E-state index < -0.39 is 0 Å². The van der Waals surface area contributed by atoms with Crippen LogP contribution in [0.5, 0.6) is 0 Å². The molecule has 142 valence electrons. The van der Waals surface area contributed by atoms with Crippen LogP contribution in [0.25, 0.3) is 11.3 Å². The van der Waals surface area contributed by atoms with Gasteiger partial charge in [-0.2, -0.15) is 0 Å². The lowest BCUT2D eigenvalue weighted by atomic mass is 10.0. The van der Waals surface area contributed by atoms with E-state index in [9.17, 15) is 9.59 Å². The minimum Gasteiger partial charge on any atom is -0.367 e. The number of anilines is 3. The van der Waals surface area contributed by atoms with Crippen LogP contribution in [0.2, 0.25) is 0 Å². The number of rotatable bonds is 5. The van der Waals surface area contributed by atoms with Crippen molar-refractivity contribution in [2.75, 3.05) is 17.2 Å². The van der Waals surface area contributed by atoms with Crippen molar-refractivity contribution in [3.8, 4) is 11.3 Å². The van der Waals surface area contributed by atoms with E-state index in [4.69, 9.17) is 4.74 Å². The molecule has 0 aliphatic carbocycles. The van der Waals surface area contributed by atoms with Crippen molar-refractivity contribution in [3.63, 3.8) is 0 Å². The molecule has 4 rings (SSSR count).